The number of nitrogen functional groups attached to an aromatic ring is 1. The number of thioether (sulfide) groups is 1. The summed E-state index contributed by atoms with van der Waals surface area (Å²) in [4.78, 5) is 5.30. The quantitative estimate of drug-likeness (QED) is 0.686. The van der Waals surface area contributed by atoms with Gasteiger partial charge in [-0.2, -0.15) is 4.98 Å². The molecular formula is C12H12ClN3OS. The summed E-state index contributed by atoms with van der Waals surface area (Å²) in [5.41, 5.74) is 6.43. The van der Waals surface area contributed by atoms with Gasteiger partial charge in [0.05, 0.1) is 10.8 Å². The lowest BCUT2D eigenvalue weighted by atomic mass is 10.3. The lowest BCUT2D eigenvalue weighted by Gasteiger charge is -2.02. The fourth-order valence-corrected chi connectivity index (χ4v) is 2.71. The molecule has 1 aromatic carbocycles. The Balaban J connectivity index is 1.67. The van der Waals surface area contributed by atoms with E-state index in [-0.39, 0.29) is 0 Å². The first-order valence-electron chi connectivity index (χ1n) is 5.72. The molecule has 1 aliphatic rings. The second kappa shape index (κ2) is 4.82. The van der Waals surface area contributed by atoms with Gasteiger partial charge in [0.15, 0.2) is 5.82 Å². The highest BCUT2D eigenvalue weighted by Crippen LogP contribution is 2.38. The van der Waals surface area contributed by atoms with Crippen molar-refractivity contribution in [1.29, 1.82) is 0 Å². The average molecular weight is 282 g/mol. The van der Waals surface area contributed by atoms with E-state index in [4.69, 9.17) is 21.9 Å². The first-order valence-corrected chi connectivity index (χ1v) is 7.09. The number of anilines is 1. The Bertz CT molecular complexity index is 568. The third-order valence-electron chi connectivity index (χ3n) is 2.73. The van der Waals surface area contributed by atoms with Crippen molar-refractivity contribution in [1.82, 2.24) is 10.1 Å². The summed E-state index contributed by atoms with van der Waals surface area (Å²) in [5.74, 6) is 2.61. The van der Waals surface area contributed by atoms with Crippen LogP contribution in [-0.4, -0.2) is 10.1 Å². The largest absolute Gasteiger partial charge is 0.399 e. The third-order valence-corrected chi connectivity index (χ3v) is 4.21. The Hall–Kier alpha value is -1.20. The van der Waals surface area contributed by atoms with Crippen LogP contribution in [0.4, 0.5) is 5.69 Å². The number of rotatable bonds is 4. The normalized spacial score (nSPS) is 14.9. The number of hydrogen-bond acceptors (Lipinski definition) is 5. The molecule has 4 nitrogen and oxygen atoms in total. The third kappa shape index (κ3) is 2.62. The molecule has 0 atom stereocenters. The van der Waals surface area contributed by atoms with E-state index in [1.807, 2.05) is 6.07 Å². The molecule has 0 unspecified atom stereocenters. The van der Waals surface area contributed by atoms with Gasteiger partial charge in [0.1, 0.15) is 0 Å². The van der Waals surface area contributed by atoms with E-state index in [1.54, 1.807) is 23.9 Å². The number of hydrogen-bond donors (Lipinski definition) is 1. The standard InChI is InChI=1S/C12H12ClN3OS/c13-9-4-3-8(14)5-10(9)18-6-11-15-12(16-17-11)7-1-2-7/h3-5,7H,1-2,6,14H2. The van der Waals surface area contributed by atoms with Gasteiger partial charge in [-0.1, -0.05) is 16.8 Å². The number of nitrogens with two attached hydrogens (primary N) is 1. The maximum atomic E-state index is 6.09. The van der Waals surface area contributed by atoms with E-state index in [2.05, 4.69) is 10.1 Å². The van der Waals surface area contributed by atoms with Crippen LogP contribution in [-0.2, 0) is 5.75 Å². The minimum Gasteiger partial charge on any atom is -0.399 e. The van der Waals surface area contributed by atoms with Gasteiger partial charge in [0.25, 0.3) is 0 Å². The van der Waals surface area contributed by atoms with Gasteiger partial charge in [-0.15, -0.1) is 11.8 Å². The summed E-state index contributed by atoms with van der Waals surface area (Å²) in [7, 11) is 0. The molecule has 2 aromatic rings. The van der Waals surface area contributed by atoms with Crippen molar-refractivity contribution in [3.8, 4) is 0 Å². The van der Waals surface area contributed by atoms with Crippen LogP contribution in [0.15, 0.2) is 27.6 Å². The molecule has 0 saturated heterocycles. The first kappa shape index (κ1) is 11.9. The van der Waals surface area contributed by atoms with Crippen LogP contribution in [0.3, 0.4) is 0 Å². The summed E-state index contributed by atoms with van der Waals surface area (Å²) in [6, 6.07) is 5.43. The maximum Gasteiger partial charge on any atom is 0.237 e. The molecule has 0 spiro atoms. The number of halogens is 1. The summed E-state index contributed by atoms with van der Waals surface area (Å²) >= 11 is 7.64. The summed E-state index contributed by atoms with van der Waals surface area (Å²) in [6.07, 6.45) is 2.35. The van der Waals surface area contributed by atoms with E-state index in [1.165, 1.54) is 12.8 Å². The van der Waals surface area contributed by atoms with E-state index in [9.17, 15) is 0 Å². The molecule has 94 valence electrons. The predicted molar refractivity (Wildman–Crippen MR) is 71.7 cm³/mol. The minimum absolute atomic E-state index is 0.517. The van der Waals surface area contributed by atoms with Crippen LogP contribution >= 0.6 is 23.4 Å². The van der Waals surface area contributed by atoms with Gasteiger partial charge in [-0.3, -0.25) is 0 Å². The number of nitrogens with zero attached hydrogens (tertiary/aromatic N) is 2. The highest BCUT2D eigenvalue weighted by molar-refractivity contribution is 7.98. The van der Waals surface area contributed by atoms with Crippen LogP contribution in [0.25, 0.3) is 0 Å². The van der Waals surface area contributed by atoms with Gasteiger partial charge in [0, 0.05) is 16.5 Å². The summed E-state index contributed by atoms with van der Waals surface area (Å²) in [5, 5.41) is 4.66. The Labute approximate surface area is 114 Å². The van der Waals surface area contributed by atoms with Gasteiger partial charge in [-0.05, 0) is 31.0 Å². The fourth-order valence-electron chi connectivity index (χ4n) is 1.60. The zero-order valence-corrected chi connectivity index (χ0v) is 11.2. The van der Waals surface area contributed by atoms with Gasteiger partial charge in [-0.25, -0.2) is 0 Å². The highest BCUT2D eigenvalue weighted by atomic mass is 35.5. The molecule has 1 aromatic heterocycles. The summed E-state index contributed by atoms with van der Waals surface area (Å²) < 4.78 is 5.20. The molecule has 1 saturated carbocycles. The van der Waals surface area contributed by atoms with Crippen molar-refractivity contribution in [2.24, 2.45) is 0 Å². The molecule has 2 N–H and O–H groups in total. The molecule has 0 radical (unpaired) electrons. The number of aromatic nitrogens is 2. The molecule has 18 heavy (non-hydrogen) atoms. The second-order valence-electron chi connectivity index (χ2n) is 4.30. The monoisotopic (exact) mass is 281 g/mol. The molecule has 1 heterocycles. The van der Waals surface area contributed by atoms with Crippen LogP contribution in [0.5, 0.6) is 0 Å². The van der Waals surface area contributed by atoms with Crippen molar-refractivity contribution in [2.75, 3.05) is 5.73 Å². The van der Waals surface area contributed by atoms with Gasteiger partial charge < -0.3 is 10.3 Å². The van der Waals surface area contributed by atoms with E-state index >= 15 is 0 Å². The SMILES string of the molecule is Nc1ccc(Cl)c(SCc2nc(C3CC3)no2)c1. The van der Waals surface area contributed by atoms with Crippen LogP contribution in [0.2, 0.25) is 5.02 Å². The average Bonchev–Trinajstić information content (AvgIpc) is 3.10. The first-order chi connectivity index (χ1) is 8.72. The van der Waals surface area contributed by atoms with E-state index in [0.717, 1.165) is 10.7 Å². The lowest BCUT2D eigenvalue weighted by Crippen LogP contribution is -1.87. The molecule has 1 aliphatic carbocycles. The molecule has 6 heteroatoms. The Morgan fingerprint density at radius 1 is 1.44 bits per heavy atom. The van der Waals surface area contributed by atoms with Crippen molar-refractivity contribution in [3.05, 3.63) is 34.9 Å². The van der Waals surface area contributed by atoms with Crippen LogP contribution in [0, 0.1) is 0 Å². The molecular weight excluding hydrogens is 270 g/mol. The van der Waals surface area contributed by atoms with E-state index in [0.29, 0.717) is 28.3 Å². The summed E-state index contributed by atoms with van der Waals surface area (Å²) in [6.45, 7) is 0. The molecule has 1 fully saturated rings. The highest BCUT2D eigenvalue weighted by Gasteiger charge is 2.28. The van der Waals surface area contributed by atoms with Gasteiger partial charge >= 0.3 is 0 Å². The maximum absolute atomic E-state index is 6.09. The van der Waals surface area contributed by atoms with Crippen molar-refractivity contribution in [2.45, 2.75) is 29.4 Å². The topological polar surface area (TPSA) is 64.9 Å². The number of benzene rings is 1. The molecule has 0 amide bonds. The Morgan fingerprint density at radius 2 is 2.28 bits per heavy atom. The Kier molecular flexibility index (Phi) is 3.18. The lowest BCUT2D eigenvalue weighted by molar-refractivity contribution is 0.385. The molecule has 0 bridgehead atoms. The predicted octanol–water partition coefficient (Wildman–Crippen LogP) is 3.47. The van der Waals surface area contributed by atoms with Gasteiger partial charge in [0.2, 0.25) is 5.89 Å². The second-order valence-corrected chi connectivity index (χ2v) is 5.72. The zero-order valence-electron chi connectivity index (χ0n) is 9.60. The van der Waals surface area contributed by atoms with Crippen molar-refractivity contribution >= 4 is 29.1 Å². The smallest absolute Gasteiger partial charge is 0.237 e. The zero-order chi connectivity index (χ0) is 12.5. The molecule has 3 rings (SSSR count). The Morgan fingerprint density at radius 3 is 3.06 bits per heavy atom. The van der Waals surface area contributed by atoms with Crippen LogP contribution < -0.4 is 5.73 Å². The van der Waals surface area contributed by atoms with E-state index < -0.39 is 0 Å². The van der Waals surface area contributed by atoms with Crippen molar-refractivity contribution in [3.63, 3.8) is 0 Å². The fraction of sp³-hybridized carbons (Fsp3) is 0.333. The minimum atomic E-state index is 0.517. The van der Waals surface area contributed by atoms with Crippen molar-refractivity contribution < 1.29 is 4.52 Å². The van der Waals surface area contributed by atoms with Crippen LogP contribution in [0.1, 0.15) is 30.5 Å². The molecule has 0 aliphatic heterocycles.